The first-order chi connectivity index (χ1) is 12.7. The molecule has 0 aromatic carbocycles. The fourth-order valence-corrected chi connectivity index (χ4v) is 2.66. The highest BCUT2D eigenvalue weighted by Crippen LogP contribution is 2.18. The molecule has 0 saturated heterocycles. The Bertz CT molecular complexity index is 791. The van der Waals surface area contributed by atoms with Gasteiger partial charge < -0.3 is 23.4 Å². The number of furan rings is 2. The SMILES string of the molecule is CC[C@H](CO)N(Cc1ccco1)C(=O)CCc1nc(-c2ccco2)no1. The van der Waals surface area contributed by atoms with Crippen LogP contribution in [0.2, 0.25) is 0 Å². The van der Waals surface area contributed by atoms with Crippen molar-refractivity contribution in [2.45, 2.75) is 38.8 Å². The van der Waals surface area contributed by atoms with Crippen molar-refractivity contribution in [1.29, 1.82) is 0 Å². The fraction of sp³-hybridized carbons (Fsp3) is 0.389. The van der Waals surface area contributed by atoms with Crippen LogP contribution < -0.4 is 0 Å². The molecule has 0 fully saturated rings. The van der Waals surface area contributed by atoms with Crippen molar-refractivity contribution < 1.29 is 23.3 Å². The van der Waals surface area contributed by atoms with E-state index < -0.39 is 0 Å². The molecule has 1 N–H and O–H groups in total. The van der Waals surface area contributed by atoms with Gasteiger partial charge in [-0.25, -0.2) is 0 Å². The van der Waals surface area contributed by atoms with Crippen LogP contribution in [0.25, 0.3) is 11.6 Å². The van der Waals surface area contributed by atoms with Crippen molar-refractivity contribution >= 4 is 5.91 Å². The number of carbonyl (C=O) groups is 1. The van der Waals surface area contributed by atoms with Crippen LogP contribution in [0.5, 0.6) is 0 Å². The summed E-state index contributed by atoms with van der Waals surface area (Å²) in [7, 11) is 0. The van der Waals surface area contributed by atoms with Crippen molar-refractivity contribution in [3.8, 4) is 11.6 Å². The van der Waals surface area contributed by atoms with Gasteiger partial charge in [0.2, 0.25) is 17.6 Å². The van der Waals surface area contributed by atoms with E-state index in [1.807, 2.05) is 6.92 Å². The monoisotopic (exact) mass is 359 g/mol. The standard InChI is InChI=1S/C18H21N3O5/c1-2-13(12-22)21(11-14-5-3-9-24-14)17(23)8-7-16-19-18(20-26-16)15-6-4-10-25-15/h3-6,9-10,13,22H,2,7-8,11-12H2,1H3/t13-/m1/s1. The Hall–Kier alpha value is -2.87. The van der Waals surface area contributed by atoms with E-state index in [1.54, 1.807) is 35.4 Å². The molecular weight excluding hydrogens is 338 g/mol. The second-order valence-electron chi connectivity index (χ2n) is 5.83. The van der Waals surface area contributed by atoms with Crippen molar-refractivity contribution in [3.63, 3.8) is 0 Å². The van der Waals surface area contributed by atoms with Crippen LogP contribution >= 0.6 is 0 Å². The van der Waals surface area contributed by atoms with Crippen LogP contribution in [0.4, 0.5) is 0 Å². The molecule has 0 radical (unpaired) electrons. The summed E-state index contributed by atoms with van der Waals surface area (Å²) >= 11 is 0. The Balaban J connectivity index is 1.63. The van der Waals surface area contributed by atoms with Gasteiger partial charge in [0.1, 0.15) is 5.76 Å². The summed E-state index contributed by atoms with van der Waals surface area (Å²) in [6.45, 7) is 2.13. The molecule has 3 aromatic heterocycles. The molecule has 0 aliphatic heterocycles. The van der Waals surface area contributed by atoms with Crippen LogP contribution in [0, 0.1) is 0 Å². The first kappa shape index (κ1) is 17.9. The number of aliphatic hydroxyl groups is 1. The molecule has 8 heteroatoms. The molecule has 3 aromatic rings. The van der Waals surface area contributed by atoms with Crippen molar-refractivity contribution in [2.24, 2.45) is 0 Å². The summed E-state index contributed by atoms with van der Waals surface area (Å²) in [5.41, 5.74) is 0. The Labute approximate surface area is 150 Å². The second kappa shape index (κ2) is 8.48. The molecule has 8 nitrogen and oxygen atoms in total. The molecule has 0 saturated carbocycles. The number of hydrogen-bond donors (Lipinski definition) is 1. The molecule has 0 aliphatic carbocycles. The van der Waals surface area contributed by atoms with Crippen LogP contribution in [-0.2, 0) is 17.8 Å². The van der Waals surface area contributed by atoms with E-state index in [4.69, 9.17) is 13.4 Å². The van der Waals surface area contributed by atoms with Gasteiger partial charge in [-0.3, -0.25) is 4.79 Å². The summed E-state index contributed by atoms with van der Waals surface area (Å²) in [5.74, 6) is 1.78. The molecule has 26 heavy (non-hydrogen) atoms. The molecule has 0 aliphatic rings. The molecule has 3 heterocycles. The number of aliphatic hydroxyl groups excluding tert-OH is 1. The van der Waals surface area contributed by atoms with Crippen LogP contribution in [0.3, 0.4) is 0 Å². The number of nitrogens with zero attached hydrogens (tertiary/aromatic N) is 3. The predicted octanol–water partition coefficient (Wildman–Crippen LogP) is 2.65. The van der Waals surface area contributed by atoms with Gasteiger partial charge in [0.25, 0.3) is 0 Å². The highest BCUT2D eigenvalue weighted by atomic mass is 16.5. The average molecular weight is 359 g/mol. The normalized spacial score (nSPS) is 12.2. The zero-order chi connectivity index (χ0) is 18.4. The maximum Gasteiger partial charge on any atom is 0.238 e. The second-order valence-corrected chi connectivity index (χ2v) is 5.83. The van der Waals surface area contributed by atoms with Crippen molar-refractivity contribution in [1.82, 2.24) is 15.0 Å². The largest absolute Gasteiger partial charge is 0.467 e. The van der Waals surface area contributed by atoms with E-state index in [-0.39, 0.29) is 25.0 Å². The molecule has 1 amide bonds. The molecule has 0 unspecified atom stereocenters. The van der Waals surface area contributed by atoms with E-state index in [2.05, 4.69) is 10.1 Å². The van der Waals surface area contributed by atoms with Gasteiger partial charge in [-0.2, -0.15) is 4.98 Å². The first-order valence-corrected chi connectivity index (χ1v) is 8.50. The summed E-state index contributed by atoms with van der Waals surface area (Å²) in [6.07, 6.45) is 4.24. The number of aromatic nitrogens is 2. The molecule has 0 spiro atoms. The average Bonchev–Trinajstić information content (AvgIpc) is 3.41. The molecule has 3 rings (SSSR count). The maximum atomic E-state index is 12.7. The summed E-state index contributed by atoms with van der Waals surface area (Å²) in [6, 6.07) is 6.78. The number of rotatable bonds is 9. The maximum absolute atomic E-state index is 12.7. The number of carbonyl (C=O) groups excluding carboxylic acids is 1. The Morgan fingerprint density at radius 1 is 1.27 bits per heavy atom. The van der Waals surface area contributed by atoms with E-state index >= 15 is 0 Å². The van der Waals surface area contributed by atoms with E-state index in [0.29, 0.717) is 42.6 Å². The summed E-state index contributed by atoms with van der Waals surface area (Å²) in [5, 5.41) is 13.4. The van der Waals surface area contributed by atoms with Crippen LogP contribution in [0.15, 0.2) is 50.1 Å². The zero-order valence-corrected chi connectivity index (χ0v) is 14.5. The van der Waals surface area contributed by atoms with Crippen molar-refractivity contribution in [2.75, 3.05) is 6.61 Å². The molecule has 1 atom stereocenters. The van der Waals surface area contributed by atoms with Gasteiger partial charge in [0, 0.05) is 12.8 Å². The van der Waals surface area contributed by atoms with Gasteiger partial charge in [-0.15, -0.1) is 0 Å². The minimum Gasteiger partial charge on any atom is -0.467 e. The Morgan fingerprint density at radius 3 is 2.73 bits per heavy atom. The predicted molar refractivity (Wildman–Crippen MR) is 90.7 cm³/mol. The lowest BCUT2D eigenvalue weighted by atomic mass is 10.1. The highest BCUT2D eigenvalue weighted by molar-refractivity contribution is 5.76. The number of aryl methyl sites for hydroxylation is 1. The van der Waals surface area contributed by atoms with Gasteiger partial charge in [-0.1, -0.05) is 12.1 Å². The van der Waals surface area contributed by atoms with Crippen LogP contribution in [-0.4, -0.2) is 38.7 Å². The summed E-state index contributed by atoms with van der Waals surface area (Å²) in [4.78, 5) is 18.6. The van der Waals surface area contributed by atoms with Crippen LogP contribution in [0.1, 0.15) is 31.4 Å². The third-order valence-corrected chi connectivity index (χ3v) is 4.11. The topological polar surface area (TPSA) is 106 Å². The first-order valence-electron chi connectivity index (χ1n) is 8.50. The van der Waals surface area contributed by atoms with E-state index in [1.165, 1.54) is 6.26 Å². The van der Waals surface area contributed by atoms with E-state index in [0.717, 1.165) is 0 Å². The Morgan fingerprint density at radius 2 is 2.08 bits per heavy atom. The summed E-state index contributed by atoms with van der Waals surface area (Å²) < 4.78 is 15.7. The third-order valence-electron chi connectivity index (χ3n) is 4.11. The number of amides is 1. The minimum absolute atomic E-state index is 0.105. The fourth-order valence-electron chi connectivity index (χ4n) is 2.66. The lowest BCUT2D eigenvalue weighted by molar-refractivity contribution is -0.135. The molecule has 0 bridgehead atoms. The minimum atomic E-state index is -0.269. The lowest BCUT2D eigenvalue weighted by Gasteiger charge is -2.29. The van der Waals surface area contributed by atoms with Crippen molar-refractivity contribution in [3.05, 3.63) is 48.4 Å². The van der Waals surface area contributed by atoms with Gasteiger partial charge in [0.15, 0.2) is 5.76 Å². The molecular formula is C18H21N3O5. The van der Waals surface area contributed by atoms with Gasteiger partial charge >= 0.3 is 0 Å². The molecule has 138 valence electrons. The highest BCUT2D eigenvalue weighted by Gasteiger charge is 2.23. The lowest BCUT2D eigenvalue weighted by Crippen LogP contribution is -2.41. The Kier molecular flexibility index (Phi) is 5.85. The quantitative estimate of drug-likeness (QED) is 0.626. The zero-order valence-electron chi connectivity index (χ0n) is 14.5. The third kappa shape index (κ3) is 4.20. The smallest absolute Gasteiger partial charge is 0.238 e. The number of hydrogen-bond acceptors (Lipinski definition) is 7. The van der Waals surface area contributed by atoms with E-state index in [9.17, 15) is 9.90 Å². The van der Waals surface area contributed by atoms with Gasteiger partial charge in [-0.05, 0) is 30.7 Å². The van der Waals surface area contributed by atoms with Gasteiger partial charge in [0.05, 0.1) is 31.7 Å².